The van der Waals surface area contributed by atoms with Crippen LogP contribution in [0.15, 0.2) is 24.3 Å². The first-order valence-corrected chi connectivity index (χ1v) is 10.1. The van der Waals surface area contributed by atoms with Gasteiger partial charge in [0.15, 0.2) is 0 Å². The largest absolute Gasteiger partial charge is 0.481 e. The molecule has 7 nitrogen and oxygen atoms in total. The van der Waals surface area contributed by atoms with E-state index >= 15 is 0 Å². The number of carboxylic acids is 1. The molecule has 0 atom stereocenters. The number of carboxylic acid groups (broad SMARTS) is 1. The molecule has 1 heterocycles. The van der Waals surface area contributed by atoms with Gasteiger partial charge in [-0.1, -0.05) is 13.0 Å². The zero-order chi connectivity index (χ0) is 18.4. The molecule has 1 aliphatic heterocycles. The van der Waals surface area contributed by atoms with Crippen LogP contribution in [-0.2, 0) is 14.8 Å². The topological polar surface area (TPSA) is 104 Å². The van der Waals surface area contributed by atoms with E-state index < -0.39 is 16.0 Å². The Kier molecular flexibility index (Phi) is 6.41. The van der Waals surface area contributed by atoms with Crippen LogP contribution in [0.5, 0.6) is 0 Å². The second-order valence-electron chi connectivity index (χ2n) is 6.34. The smallest absolute Gasteiger partial charge is 0.303 e. The molecule has 0 radical (unpaired) electrons. The first-order chi connectivity index (χ1) is 11.8. The van der Waals surface area contributed by atoms with Crippen LogP contribution < -0.4 is 4.72 Å². The Morgan fingerprint density at radius 3 is 2.56 bits per heavy atom. The van der Waals surface area contributed by atoms with Crippen molar-refractivity contribution in [1.82, 2.24) is 4.90 Å². The SMILES string of the molecule is CCCS(=O)(=O)Nc1cccc(C(=O)N2CCC(CC(=O)O)CC2)c1. The lowest BCUT2D eigenvalue weighted by molar-refractivity contribution is -0.138. The van der Waals surface area contributed by atoms with Gasteiger partial charge in [-0.15, -0.1) is 0 Å². The van der Waals surface area contributed by atoms with Crippen molar-refractivity contribution in [2.45, 2.75) is 32.6 Å². The van der Waals surface area contributed by atoms with Gasteiger partial charge in [0.1, 0.15) is 0 Å². The fourth-order valence-corrected chi connectivity index (χ4v) is 4.11. The quantitative estimate of drug-likeness (QED) is 0.767. The van der Waals surface area contributed by atoms with Gasteiger partial charge >= 0.3 is 5.97 Å². The normalized spacial score (nSPS) is 15.8. The Balaban J connectivity index is 2.01. The number of sulfonamides is 1. The van der Waals surface area contributed by atoms with E-state index in [1.165, 1.54) is 0 Å². The molecular weight excluding hydrogens is 344 g/mol. The van der Waals surface area contributed by atoms with Gasteiger partial charge in [0.05, 0.1) is 5.75 Å². The van der Waals surface area contributed by atoms with Crippen molar-refractivity contribution >= 4 is 27.6 Å². The number of hydrogen-bond donors (Lipinski definition) is 2. The van der Waals surface area contributed by atoms with Crippen LogP contribution in [0.1, 0.15) is 43.0 Å². The zero-order valence-electron chi connectivity index (χ0n) is 14.3. The first-order valence-electron chi connectivity index (χ1n) is 8.42. The molecule has 0 bridgehead atoms. The number of hydrogen-bond acceptors (Lipinski definition) is 4. The van der Waals surface area contributed by atoms with Gasteiger partial charge in [0, 0.05) is 30.8 Å². The summed E-state index contributed by atoms with van der Waals surface area (Å²) in [6.07, 6.45) is 1.98. The summed E-state index contributed by atoms with van der Waals surface area (Å²) < 4.78 is 26.2. The first kappa shape index (κ1) is 19.2. The molecule has 1 fully saturated rings. The summed E-state index contributed by atoms with van der Waals surface area (Å²) in [5.74, 6) is -0.835. The second-order valence-corrected chi connectivity index (χ2v) is 8.18. The van der Waals surface area contributed by atoms with E-state index in [1.807, 2.05) is 0 Å². The van der Waals surface area contributed by atoms with Crippen LogP contribution in [0.2, 0.25) is 0 Å². The fraction of sp³-hybridized carbons (Fsp3) is 0.529. The highest BCUT2D eigenvalue weighted by atomic mass is 32.2. The Hall–Kier alpha value is -2.09. The van der Waals surface area contributed by atoms with E-state index in [4.69, 9.17) is 5.11 Å². The highest BCUT2D eigenvalue weighted by Crippen LogP contribution is 2.22. The van der Waals surface area contributed by atoms with Gasteiger partial charge in [-0.3, -0.25) is 14.3 Å². The van der Waals surface area contributed by atoms with Crippen LogP contribution in [0.3, 0.4) is 0 Å². The lowest BCUT2D eigenvalue weighted by Gasteiger charge is -2.31. The molecule has 1 amide bonds. The molecule has 1 saturated heterocycles. The van der Waals surface area contributed by atoms with Crippen LogP contribution in [0.4, 0.5) is 5.69 Å². The molecule has 25 heavy (non-hydrogen) atoms. The third kappa shape index (κ3) is 5.74. The maximum absolute atomic E-state index is 12.6. The number of aliphatic carboxylic acids is 1. The van der Waals surface area contributed by atoms with Crippen molar-refractivity contribution in [3.63, 3.8) is 0 Å². The lowest BCUT2D eigenvalue weighted by atomic mass is 9.93. The molecule has 2 rings (SSSR count). The molecule has 1 aromatic carbocycles. The Labute approximate surface area is 148 Å². The van der Waals surface area contributed by atoms with Crippen molar-refractivity contribution < 1.29 is 23.1 Å². The fourth-order valence-electron chi connectivity index (χ4n) is 2.98. The molecule has 1 aromatic rings. The lowest BCUT2D eigenvalue weighted by Crippen LogP contribution is -2.38. The Morgan fingerprint density at radius 2 is 1.96 bits per heavy atom. The average Bonchev–Trinajstić information content (AvgIpc) is 2.54. The summed E-state index contributed by atoms with van der Waals surface area (Å²) in [6, 6.07) is 6.46. The van der Waals surface area contributed by atoms with Crippen LogP contribution in [-0.4, -0.2) is 49.1 Å². The number of carbonyl (C=O) groups excluding carboxylic acids is 1. The highest BCUT2D eigenvalue weighted by molar-refractivity contribution is 7.92. The minimum atomic E-state index is -3.40. The minimum Gasteiger partial charge on any atom is -0.481 e. The second kappa shape index (κ2) is 8.33. The van der Waals surface area contributed by atoms with E-state index in [0.29, 0.717) is 43.6 Å². The third-order valence-electron chi connectivity index (χ3n) is 4.22. The van der Waals surface area contributed by atoms with E-state index in [1.54, 1.807) is 36.1 Å². The van der Waals surface area contributed by atoms with Crippen LogP contribution >= 0.6 is 0 Å². The monoisotopic (exact) mass is 368 g/mol. The molecular formula is C17H24N2O5S. The van der Waals surface area contributed by atoms with Crippen LogP contribution in [0, 0.1) is 5.92 Å². The number of amides is 1. The molecule has 0 saturated carbocycles. The van der Waals surface area contributed by atoms with Gasteiger partial charge in [-0.2, -0.15) is 0 Å². The molecule has 0 spiro atoms. The molecule has 2 N–H and O–H groups in total. The molecule has 0 unspecified atom stereocenters. The van der Waals surface area contributed by atoms with Gasteiger partial charge in [-0.25, -0.2) is 8.42 Å². The number of anilines is 1. The number of nitrogens with zero attached hydrogens (tertiary/aromatic N) is 1. The van der Waals surface area contributed by atoms with Crippen molar-refractivity contribution in [2.24, 2.45) is 5.92 Å². The number of carbonyl (C=O) groups is 2. The molecule has 138 valence electrons. The Bertz CT molecular complexity index is 724. The van der Waals surface area contributed by atoms with Crippen molar-refractivity contribution in [1.29, 1.82) is 0 Å². The van der Waals surface area contributed by atoms with Gasteiger partial charge in [0.25, 0.3) is 5.91 Å². The number of rotatable bonds is 7. The third-order valence-corrected chi connectivity index (χ3v) is 5.71. The van der Waals surface area contributed by atoms with E-state index in [2.05, 4.69) is 4.72 Å². The number of likely N-dealkylation sites (tertiary alicyclic amines) is 1. The highest BCUT2D eigenvalue weighted by Gasteiger charge is 2.25. The number of nitrogens with one attached hydrogen (secondary N) is 1. The van der Waals surface area contributed by atoms with E-state index in [-0.39, 0.29) is 24.0 Å². The van der Waals surface area contributed by atoms with Crippen molar-refractivity contribution in [3.05, 3.63) is 29.8 Å². The standard InChI is InChI=1S/C17H24N2O5S/c1-2-10-25(23,24)18-15-5-3-4-14(12-15)17(22)19-8-6-13(7-9-19)11-16(20)21/h3-5,12-13,18H,2,6-11H2,1H3,(H,20,21). The molecule has 1 aliphatic rings. The summed E-state index contributed by atoms with van der Waals surface area (Å²) in [4.78, 5) is 25.1. The summed E-state index contributed by atoms with van der Waals surface area (Å²) >= 11 is 0. The van der Waals surface area contributed by atoms with Crippen LogP contribution in [0.25, 0.3) is 0 Å². The number of benzene rings is 1. The van der Waals surface area contributed by atoms with Gasteiger partial charge < -0.3 is 10.0 Å². The summed E-state index contributed by atoms with van der Waals surface area (Å²) in [6.45, 7) is 2.82. The average molecular weight is 368 g/mol. The van der Waals surface area contributed by atoms with Gasteiger partial charge in [0.2, 0.25) is 10.0 Å². The van der Waals surface area contributed by atoms with E-state index in [0.717, 1.165) is 0 Å². The molecule has 0 aliphatic carbocycles. The summed E-state index contributed by atoms with van der Waals surface area (Å²) in [7, 11) is -3.40. The maximum atomic E-state index is 12.6. The number of piperidine rings is 1. The summed E-state index contributed by atoms with van der Waals surface area (Å²) in [5.41, 5.74) is 0.799. The predicted molar refractivity (Wildman–Crippen MR) is 95.0 cm³/mol. The Morgan fingerprint density at radius 1 is 1.28 bits per heavy atom. The maximum Gasteiger partial charge on any atom is 0.303 e. The van der Waals surface area contributed by atoms with Crippen molar-refractivity contribution in [2.75, 3.05) is 23.6 Å². The predicted octanol–water partition coefficient (Wildman–Crippen LogP) is 2.17. The zero-order valence-corrected chi connectivity index (χ0v) is 15.1. The molecule has 8 heteroatoms. The van der Waals surface area contributed by atoms with Crippen molar-refractivity contribution in [3.8, 4) is 0 Å². The minimum absolute atomic E-state index is 0.0300. The summed E-state index contributed by atoms with van der Waals surface area (Å²) in [5, 5.41) is 8.84. The molecule has 0 aromatic heterocycles. The van der Waals surface area contributed by atoms with Gasteiger partial charge in [-0.05, 0) is 43.4 Å². The van der Waals surface area contributed by atoms with E-state index in [9.17, 15) is 18.0 Å².